The molecule has 0 saturated carbocycles. The Balaban J connectivity index is 2.01. The van der Waals surface area contributed by atoms with Gasteiger partial charge in [-0.3, -0.25) is 0 Å². The van der Waals surface area contributed by atoms with Crippen LogP contribution in [0.15, 0.2) is 18.6 Å². The number of rotatable bonds is 1. The van der Waals surface area contributed by atoms with Gasteiger partial charge in [0.05, 0.1) is 31.1 Å². The van der Waals surface area contributed by atoms with Gasteiger partial charge in [-0.1, -0.05) is 0 Å². The molecule has 6 heteroatoms. The third-order valence-electron chi connectivity index (χ3n) is 3.13. The number of aromatic nitrogens is 3. The normalized spacial score (nSPS) is 20.0. The molecule has 0 N–H and O–H groups in total. The van der Waals surface area contributed by atoms with Gasteiger partial charge in [0.2, 0.25) is 0 Å². The fourth-order valence-corrected chi connectivity index (χ4v) is 2.20. The number of fused-ring (bicyclic) bond motifs is 1. The molecule has 0 radical (unpaired) electrons. The molecule has 1 atom stereocenters. The molecule has 6 nitrogen and oxygen atoms in total. The van der Waals surface area contributed by atoms with E-state index in [9.17, 15) is 0 Å². The second kappa shape index (κ2) is 4.27. The first-order valence-corrected chi connectivity index (χ1v) is 5.82. The molecule has 2 aromatic rings. The number of ether oxygens (including phenoxy) is 1. The average molecular weight is 243 g/mol. The average Bonchev–Trinajstić information content (AvgIpc) is 2.81. The van der Waals surface area contributed by atoms with Crippen LogP contribution in [0.3, 0.4) is 0 Å². The lowest BCUT2D eigenvalue weighted by Crippen LogP contribution is -2.42. The van der Waals surface area contributed by atoms with Crippen molar-refractivity contribution in [3.8, 4) is 6.07 Å². The molecule has 0 aliphatic carbocycles. The smallest absolute Gasteiger partial charge is 0.161 e. The molecule has 1 saturated heterocycles. The van der Waals surface area contributed by atoms with Gasteiger partial charge in [0.1, 0.15) is 5.52 Å². The molecule has 0 bridgehead atoms. The molecule has 0 amide bonds. The number of hydrogen-bond donors (Lipinski definition) is 0. The van der Waals surface area contributed by atoms with Crippen LogP contribution in [0.4, 0.5) is 5.82 Å². The summed E-state index contributed by atoms with van der Waals surface area (Å²) in [5.74, 6) is 0.830. The summed E-state index contributed by atoms with van der Waals surface area (Å²) in [6.45, 7) is 1.82. The molecule has 1 aliphatic heterocycles. The SMILES string of the molecule is Cn1cnc2c(N3CCOC(C#N)C3)nccc21. The lowest BCUT2D eigenvalue weighted by atomic mass is 10.2. The second-order valence-electron chi connectivity index (χ2n) is 4.29. The summed E-state index contributed by atoms with van der Waals surface area (Å²) >= 11 is 0. The van der Waals surface area contributed by atoms with E-state index in [1.54, 1.807) is 12.5 Å². The van der Waals surface area contributed by atoms with Crippen LogP contribution in [0.2, 0.25) is 0 Å². The quantitative estimate of drug-likeness (QED) is 0.737. The zero-order chi connectivity index (χ0) is 12.5. The zero-order valence-electron chi connectivity index (χ0n) is 10.1. The Morgan fingerprint density at radius 1 is 1.50 bits per heavy atom. The highest BCUT2D eigenvalue weighted by molar-refractivity contribution is 5.86. The summed E-state index contributed by atoms with van der Waals surface area (Å²) in [7, 11) is 1.95. The van der Waals surface area contributed by atoms with Crippen LogP contribution >= 0.6 is 0 Å². The highest BCUT2D eigenvalue weighted by Gasteiger charge is 2.23. The van der Waals surface area contributed by atoms with Crippen LogP contribution in [0.25, 0.3) is 11.0 Å². The third-order valence-corrected chi connectivity index (χ3v) is 3.13. The predicted molar refractivity (Wildman–Crippen MR) is 66.1 cm³/mol. The van der Waals surface area contributed by atoms with Crippen molar-refractivity contribution in [1.82, 2.24) is 14.5 Å². The minimum absolute atomic E-state index is 0.389. The first-order valence-electron chi connectivity index (χ1n) is 5.82. The Labute approximate surface area is 104 Å². The maximum absolute atomic E-state index is 8.93. The largest absolute Gasteiger partial charge is 0.360 e. The van der Waals surface area contributed by atoms with Crippen LogP contribution in [0.5, 0.6) is 0 Å². The molecule has 92 valence electrons. The minimum Gasteiger partial charge on any atom is -0.360 e. The summed E-state index contributed by atoms with van der Waals surface area (Å²) in [5.41, 5.74) is 1.92. The highest BCUT2D eigenvalue weighted by Crippen LogP contribution is 2.23. The topological polar surface area (TPSA) is 67.0 Å². The number of nitriles is 1. The van der Waals surface area contributed by atoms with E-state index in [0.29, 0.717) is 13.2 Å². The maximum atomic E-state index is 8.93. The van der Waals surface area contributed by atoms with Gasteiger partial charge in [-0.05, 0) is 6.07 Å². The van der Waals surface area contributed by atoms with Gasteiger partial charge in [-0.2, -0.15) is 5.26 Å². The van der Waals surface area contributed by atoms with Crippen LogP contribution in [0.1, 0.15) is 0 Å². The van der Waals surface area contributed by atoms with Gasteiger partial charge in [-0.15, -0.1) is 0 Å². The van der Waals surface area contributed by atoms with E-state index >= 15 is 0 Å². The van der Waals surface area contributed by atoms with Gasteiger partial charge >= 0.3 is 0 Å². The van der Waals surface area contributed by atoms with Gasteiger partial charge in [0.15, 0.2) is 11.9 Å². The minimum atomic E-state index is -0.389. The molecule has 2 aromatic heterocycles. The van der Waals surface area contributed by atoms with Crippen molar-refractivity contribution in [2.24, 2.45) is 7.05 Å². The molecular formula is C12H13N5O. The van der Waals surface area contributed by atoms with Crippen molar-refractivity contribution in [2.75, 3.05) is 24.6 Å². The van der Waals surface area contributed by atoms with Crippen molar-refractivity contribution < 1.29 is 4.74 Å². The van der Waals surface area contributed by atoms with Crippen molar-refractivity contribution >= 4 is 16.9 Å². The van der Waals surface area contributed by atoms with E-state index in [-0.39, 0.29) is 6.10 Å². The number of aryl methyl sites for hydroxylation is 1. The molecule has 0 aromatic carbocycles. The van der Waals surface area contributed by atoms with Gasteiger partial charge in [0.25, 0.3) is 0 Å². The fourth-order valence-electron chi connectivity index (χ4n) is 2.20. The zero-order valence-corrected chi connectivity index (χ0v) is 10.1. The van der Waals surface area contributed by atoms with E-state index in [4.69, 9.17) is 10.00 Å². The van der Waals surface area contributed by atoms with Crippen LogP contribution in [-0.4, -0.2) is 40.3 Å². The lowest BCUT2D eigenvalue weighted by molar-refractivity contribution is 0.0762. The van der Waals surface area contributed by atoms with Crippen LogP contribution in [0, 0.1) is 11.3 Å². The number of morpholine rings is 1. The van der Waals surface area contributed by atoms with Crippen molar-refractivity contribution in [1.29, 1.82) is 5.26 Å². The molecule has 0 spiro atoms. The Morgan fingerprint density at radius 3 is 3.22 bits per heavy atom. The lowest BCUT2D eigenvalue weighted by Gasteiger charge is -2.30. The van der Waals surface area contributed by atoms with E-state index in [1.165, 1.54) is 0 Å². The van der Waals surface area contributed by atoms with Gasteiger partial charge in [0, 0.05) is 19.8 Å². The summed E-state index contributed by atoms with van der Waals surface area (Å²) in [6.07, 6.45) is 3.16. The summed E-state index contributed by atoms with van der Waals surface area (Å²) in [4.78, 5) is 10.8. The Bertz CT molecular complexity index is 614. The van der Waals surface area contributed by atoms with Crippen LogP contribution in [-0.2, 0) is 11.8 Å². The maximum Gasteiger partial charge on any atom is 0.161 e. The van der Waals surface area contributed by atoms with Gasteiger partial charge in [-0.25, -0.2) is 9.97 Å². The highest BCUT2D eigenvalue weighted by atomic mass is 16.5. The molecule has 1 aliphatic rings. The van der Waals surface area contributed by atoms with Crippen LogP contribution < -0.4 is 4.90 Å². The standard InChI is InChI=1S/C12H13N5O/c1-16-8-15-11-10(16)2-3-14-12(11)17-4-5-18-9(6-13)7-17/h2-3,8-9H,4-5,7H2,1H3. The van der Waals surface area contributed by atoms with E-state index in [1.807, 2.05) is 17.7 Å². The first-order chi connectivity index (χ1) is 8.79. The summed E-state index contributed by atoms with van der Waals surface area (Å²) in [6, 6.07) is 4.08. The fraction of sp³-hybridized carbons (Fsp3) is 0.417. The van der Waals surface area contributed by atoms with E-state index < -0.39 is 0 Å². The first kappa shape index (κ1) is 11.0. The Hall–Kier alpha value is -2.13. The van der Waals surface area contributed by atoms with Gasteiger partial charge < -0.3 is 14.2 Å². The van der Waals surface area contributed by atoms with Crippen molar-refractivity contribution in [3.63, 3.8) is 0 Å². The second-order valence-corrected chi connectivity index (χ2v) is 4.29. The molecule has 18 heavy (non-hydrogen) atoms. The van der Waals surface area contributed by atoms with E-state index in [2.05, 4.69) is 20.9 Å². The number of hydrogen-bond acceptors (Lipinski definition) is 5. The molecule has 1 fully saturated rings. The number of nitrogens with zero attached hydrogens (tertiary/aromatic N) is 5. The molecule has 1 unspecified atom stereocenters. The molecule has 3 heterocycles. The predicted octanol–water partition coefficient (Wildman–Crippen LogP) is 0.697. The van der Waals surface area contributed by atoms with E-state index in [0.717, 1.165) is 23.4 Å². The number of pyridine rings is 1. The Morgan fingerprint density at radius 2 is 2.39 bits per heavy atom. The Kier molecular flexibility index (Phi) is 2.61. The van der Waals surface area contributed by atoms with Crippen molar-refractivity contribution in [2.45, 2.75) is 6.10 Å². The van der Waals surface area contributed by atoms with Crippen molar-refractivity contribution in [3.05, 3.63) is 18.6 Å². The summed E-state index contributed by atoms with van der Waals surface area (Å²) in [5, 5.41) is 8.93. The summed E-state index contributed by atoms with van der Waals surface area (Å²) < 4.78 is 7.30. The number of anilines is 1. The molecular weight excluding hydrogens is 230 g/mol. The monoisotopic (exact) mass is 243 g/mol. The molecule has 3 rings (SSSR count). The third kappa shape index (κ3) is 1.69. The number of imidazole rings is 1.